The predicted molar refractivity (Wildman–Crippen MR) is 105 cm³/mol. The van der Waals surface area contributed by atoms with Gasteiger partial charge in [0.1, 0.15) is 0 Å². The first-order valence-electron chi connectivity index (χ1n) is 8.67. The van der Waals surface area contributed by atoms with E-state index in [1.165, 1.54) is 46.3 Å². The van der Waals surface area contributed by atoms with Crippen LogP contribution in [0.4, 0.5) is 0 Å². The molecule has 0 radical (unpaired) electrons. The Morgan fingerprint density at radius 3 is 2.52 bits per heavy atom. The molecule has 0 heteroatoms. The van der Waals surface area contributed by atoms with Gasteiger partial charge in [-0.2, -0.15) is 0 Å². The molecule has 0 spiro atoms. The third-order valence-corrected chi connectivity index (χ3v) is 5.08. The second kappa shape index (κ2) is 7.17. The van der Waals surface area contributed by atoms with Gasteiger partial charge in [0.05, 0.1) is 0 Å². The summed E-state index contributed by atoms with van der Waals surface area (Å²) >= 11 is 0. The molecule has 0 atom stereocenters. The van der Waals surface area contributed by atoms with Crippen molar-refractivity contribution < 1.29 is 0 Å². The van der Waals surface area contributed by atoms with E-state index in [0.29, 0.717) is 0 Å². The second-order valence-electron chi connectivity index (χ2n) is 7.20. The quantitative estimate of drug-likeness (QED) is 0.523. The van der Waals surface area contributed by atoms with Crippen molar-refractivity contribution in [2.24, 2.45) is 0 Å². The molecular weight excluding hydrogens is 276 g/mol. The minimum Gasteiger partial charge on any atom is -0.0847 e. The lowest BCUT2D eigenvalue weighted by molar-refractivity contribution is 0.474. The van der Waals surface area contributed by atoms with Crippen molar-refractivity contribution in [1.82, 2.24) is 0 Å². The lowest BCUT2D eigenvalue weighted by Gasteiger charge is -2.34. The van der Waals surface area contributed by atoms with Gasteiger partial charge in [0.25, 0.3) is 0 Å². The molecule has 0 aliphatic heterocycles. The summed E-state index contributed by atoms with van der Waals surface area (Å²) in [5.41, 5.74) is 8.64. The average molecular weight is 306 g/mol. The summed E-state index contributed by atoms with van der Waals surface area (Å²) in [6.45, 7) is 13.3. The number of benzene rings is 1. The smallest absolute Gasteiger partial charge is 0.00944 e. The molecular formula is C23H30. The maximum absolute atomic E-state index is 2.38. The van der Waals surface area contributed by atoms with E-state index in [1.54, 1.807) is 0 Å². The lowest BCUT2D eigenvalue weighted by atomic mass is 9.70. The van der Waals surface area contributed by atoms with Crippen LogP contribution in [0.25, 0.3) is 11.1 Å². The Hall–Kier alpha value is -1.82. The van der Waals surface area contributed by atoms with Crippen LogP contribution in [0, 0.1) is 0 Å². The third kappa shape index (κ3) is 3.93. The Balaban J connectivity index is 2.40. The van der Waals surface area contributed by atoms with Gasteiger partial charge in [-0.15, -0.1) is 0 Å². The largest absolute Gasteiger partial charge is 0.0847 e. The van der Waals surface area contributed by atoms with Gasteiger partial charge < -0.3 is 0 Å². The minimum absolute atomic E-state index is 0.279. The summed E-state index contributed by atoms with van der Waals surface area (Å²) in [4.78, 5) is 0. The molecule has 0 saturated heterocycles. The summed E-state index contributed by atoms with van der Waals surface area (Å²) in [6, 6.07) is 7.00. The first kappa shape index (κ1) is 17.5. The van der Waals surface area contributed by atoms with E-state index in [9.17, 15) is 0 Å². The zero-order chi connectivity index (χ0) is 17.0. The van der Waals surface area contributed by atoms with Crippen LogP contribution < -0.4 is 0 Å². The van der Waals surface area contributed by atoms with Gasteiger partial charge in [-0.1, -0.05) is 61.9 Å². The standard InChI is InChI=1S/C23H30/c1-7-17(3)10-9-11-18(4)20-12-13-22-21(16-20)19(8-2)14-15-23(22,5)6/h7-13,16H,14-15H2,1-6H3/b10-9+,17-7+,18-11+,19-8+. The highest BCUT2D eigenvalue weighted by atomic mass is 14.3. The Labute approximate surface area is 142 Å². The zero-order valence-corrected chi connectivity index (χ0v) is 15.5. The van der Waals surface area contributed by atoms with Crippen LogP contribution in [-0.4, -0.2) is 0 Å². The van der Waals surface area contributed by atoms with Crippen molar-refractivity contribution in [3.63, 3.8) is 0 Å². The van der Waals surface area contributed by atoms with E-state index in [-0.39, 0.29) is 5.41 Å². The van der Waals surface area contributed by atoms with Crippen molar-refractivity contribution >= 4 is 11.1 Å². The van der Waals surface area contributed by atoms with Crippen LogP contribution in [0.1, 0.15) is 71.1 Å². The topological polar surface area (TPSA) is 0 Å². The highest BCUT2D eigenvalue weighted by molar-refractivity contribution is 5.76. The second-order valence-corrected chi connectivity index (χ2v) is 7.20. The summed E-state index contributed by atoms with van der Waals surface area (Å²) in [6.07, 6.45) is 13.3. The SMILES string of the molecule is C/C=C(C)/C=C/C=C(\C)c1ccc2c(c1)/C(=C/C)CCC2(C)C. The van der Waals surface area contributed by atoms with Crippen LogP contribution in [0.5, 0.6) is 0 Å². The Bertz CT molecular complexity index is 691. The molecule has 0 saturated carbocycles. The molecule has 0 unspecified atom stereocenters. The lowest BCUT2D eigenvalue weighted by Crippen LogP contribution is -2.23. The van der Waals surface area contributed by atoms with Crippen LogP contribution in [-0.2, 0) is 5.41 Å². The molecule has 0 amide bonds. The summed E-state index contributed by atoms with van der Waals surface area (Å²) < 4.78 is 0. The van der Waals surface area contributed by atoms with Gasteiger partial charge in [0, 0.05) is 0 Å². The van der Waals surface area contributed by atoms with Crippen LogP contribution in [0.3, 0.4) is 0 Å². The highest BCUT2D eigenvalue weighted by Gasteiger charge is 2.29. The van der Waals surface area contributed by atoms with Gasteiger partial charge in [-0.05, 0) is 79.9 Å². The van der Waals surface area contributed by atoms with Crippen molar-refractivity contribution in [3.05, 3.63) is 70.8 Å². The molecule has 122 valence electrons. The highest BCUT2D eigenvalue weighted by Crippen LogP contribution is 2.42. The molecule has 0 N–H and O–H groups in total. The van der Waals surface area contributed by atoms with Crippen molar-refractivity contribution in [3.8, 4) is 0 Å². The van der Waals surface area contributed by atoms with Crippen molar-refractivity contribution in [2.45, 2.75) is 59.8 Å². The fraction of sp³-hybridized carbons (Fsp3) is 0.391. The summed E-state index contributed by atoms with van der Waals surface area (Å²) in [7, 11) is 0. The zero-order valence-electron chi connectivity index (χ0n) is 15.5. The van der Waals surface area contributed by atoms with E-state index < -0.39 is 0 Å². The molecule has 0 aromatic heterocycles. The van der Waals surface area contributed by atoms with Crippen molar-refractivity contribution in [1.29, 1.82) is 0 Å². The van der Waals surface area contributed by atoms with Gasteiger partial charge in [0.15, 0.2) is 0 Å². The van der Waals surface area contributed by atoms with Gasteiger partial charge in [-0.3, -0.25) is 0 Å². The van der Waals surface area contributed by atoms with E-state index in [0.717, 1.165) is 0 Å². The number of fused-ring (bicyclic) bond motifs is 1. The van der Waals surface area contributed by atoms with Crippen molar-refractivity contribution in [2.75, 3.05) is 0 Å². The molecule has 0 heterocycles. The first-order valence-corrected chi connectivity index (χ1v) is 8.67. The monoisotopic (exact) mass is 306 g/mol. The molecule has 2 rings (SSSR count). The van der Waals surface area contributed by atoms with Gasteiger partial charge in [-0.25, -0.2) is 0 Å². The Morgan fingerprint density at radius 1 is 1.13 bits per heavy atom. The van der Waals surface area contributed by atoms with Crippen LogP contribution >= 0.6 is 0 Å². The van der Waals surface area contributed by atoms with E-state index in [2.05, 4.69) is 90.1 Å². The fourth-order valence-electron chi connectivity index (χ4n) is 3.20. The number of rotatable bonds is 3. The Morgan fingerprint density at radius 2 is 1.87 bits per heavy atom. The fourth-order valence-corrected chi connectivity index (χ4v) is 3.20. The molecule has 0 fully saturated rings. The first-order chi connectivity index (χ1) is 10.9. The maximum atomic E-state index is 2.38. The maximum Gasteiger partial charge on any atom is -0.00944 e. The molecule has 1 aliphatic rings. The molecule has 0 bridgehead atoms. The average Bonchev–Trinajstić information content (AvgIpc) is 2.54. The summed E-state index contributed by atoms with van der Waals surface area (Å²) in [5.74, 6) is 0. The third-order valence-electron chi connectivity index (χ3n) is 5.08. The number of allylic oxidation sites excluding steroid dienone is 8. The van der Waals surface area contributed by atoms with E-state index in [4.69, 9.17) is 0 Å². The van der Waals surface area contributed by atoms with Gasteiger partial charge >= 0.3 is 0 Å². The molecule has 1 aliphatic carbocycles. The van der Waals surface area contributed by atoms with E-state index >= 15 is 0 Å². The molecule has 23 heavy (non-hydrogen) atoms. The minimum atomic E-state index is 0.279. The predicted octanol–water partition coefficient (Wildman–Crippen LogP) is 7.09. The van der Waals surface area contributed by atoms with Crippen LogP contribution in [0.15, 0.2) is 54.2 Å². The Kier molecular flexibility index (Phi) is 5.46. The normalized spacial score (nSPS) is 20.2. The summed E-state index contributed by atoms with van der Waals surface area (Å²) in [5, 5.41) is 0. The molecule has 1 aromatic carbocycles. The van der Waals surface area contributed by atoms with Gasteiger partial charge in [0.2, 0.25) is 0 Å². The van der Waals surface area contributed by atoms with E-state index in [1.807, 2.05) is 0 Å². The molecule has 0 nitrogen and oxygen atoms in total. The number of hydrogen-bond acceptors (Lipinski definition) is 0. The molecule has 1 aromatic rings. The number of hydrogen-bond donors (Lipinski definition) is 0. The van der Waals surface area contributed by atoms with Crippen LogP contribution in [0.2, 0.25) is 0 Å².